The minimum atomic E-state index is 0.176. The van der Waals surface area contributed by atoms with Crippen LogP contribution in [-0.4, -0.2) is 30.3 Å². The summed E-state index contributed by atoms with van der Waals surface area (Å²) < 4.78 is 0. The smallest absolute Gasteiger partial charge is 0.187 e. The highest BCUT2D eigenvalue weighted by molar-refractivity contribution is 6.14. The van der Waals surface area contributed by atoms with Crippen LogP contribution in [0.25, 0.3) is 12.2 Å². The molecule has 0 bridgehead atoms. The van der Waals surface area contributed by atoms with E-state index in [9.17, 15) is 4.79 Å². The molecule has 152 valence electrons. The number of carbonyl (C=O) groups excluding carboxylic acids is 1. The van der Waals surface area contributed by atoms with E-state index in [1.807, 2.05) is 0 Å². The van der Waals surface area contributed by atoms with Crippen molar-refractivity contribution in [1.29, 1.82) is 0 Å². The van der Waals surface area contributed by atoms with Crippen molar-refractivity contribution in [2.45, 2.75) is 46.5 Å². The van der Waals surface area contributed by atoms with Gasteiger partial charge in [-0.2, -0.15) is 0 Å². The van der Waals surface area contributed by atoms with Gasteiger partial charge < -0.3 is 0 Å². The molecule has 0 radical (unpaired) electrons. The van der Waals surface area contributed by atoms with Crippen molar-refractivity contribution in [2.75, 3.05) is 19.6 Å². The Morgan fingerprint density at radius 2 is 1.14 bits per heavy atom. The molecule has 0 N–H and O–H groups in total. The van der Waals surface area contributed by atoms with Gasteiger partial charge in [-0.1, -0.05) is 83.1 Å². The molecule has 0 spiro atoms. The predicted octanol–water partition coefficient (Wildman–Crippen LogP) is 6.31. The zero-order valence-electron chi connectivity index (χ0n) is 18.4. The van der Waals surface area contributed by atoms with Crippen LogP contribution in [0.15, 0.2) is 59.7 Å². The average molecular weight is 388 g/mol. The molecule has 0 atom stereocenters. The van der Waals surface area contributed by atoms with E-state index in [4.69, 9.17) is 0 Å². The Bertz CT molecular complexity index is 825. The Morgan fingerprint density at radius 3 is 1.45 bits per heavy atom. The number of carbonyl (C=O) groups is 1. The van der Waals surface area contributed by atoms with Crippen LogP contribution in [0.4, 0.5) is 0 Å². The predicted molar refractivity (Wildman–Crippen MR) is 124 cm³/mol. The number of ketones is 1. The molecular weight excluding hydrogens is 354 g/mol. The van der Waals surface area contributed by atoms with Gasteiger partial charge in [-0.05, 0) is 52.8 Å². The van der Waals surface area contributed by atoms with E-state index in [-0.39, 0.29) is 5.78 Å². The van der Waals surface area contributed by atoms with Gasteiger partial charge in [-0.25, -0.2) is 0 Å². The number of Topliss-reactive ketones (excluding diaryl/α,β-unsaturated/α-hetero) is 1. The molecule has 3 rings (SSSR count). The Hall–Kier alpha value is -2.45. The molecule has 2 aromatic carbocycles. The van der Waals surface area contributed by atoms with Gasteiger partial charge >= 0.3 is 0 Å². The van der Waals surface area contributed by atoms with E-state index in [1.165, 1.54) is 11.1 Å². The molecule has 2 nitrogen and oxygen atoms in total. The third-order valence-corrected chi connectivity index (χ3v) is 5.71. The standard InChI is InChI=1S/C27H33NO/c1-6-28-17-25(15-21-7-11-23(12-8-21)19(2)3)27(29)26(18-28)16-22-9-13-24(14-10-22)20(4)5/h7-16,19-20H,6,17-18H2,1-5H3/b25-15+,26-16+. The molecule has 2 aromatic rings. The van der Waals surface area contributed by atoms with Crippen LogP contribution >= 0.6 is 0 Å². The number of likely N-dealkylation sites (tertiary alicyclic amines) is 1. The summed E-state index contributed by atoms with van der Waals surface area (Å²) in [5, 5.41) is 0. The number of rotatable bonds is 5. The third-order valence-electron chi connectivity index (χ3n) is 5.71. The maximum Gasteiger partial charge on any atom is 0.187 e. The van der Waals surface area contributed by atoms with Crippen LogP contribution in [0.5, 0.6) is 0 Å². The summed E-state index contributed by atoms with van der Waals surface area (Å²) in [6.45, 7) is 13.3. The van der Waals surface area contributed by atoms with E-state index in [0.717, 1.165) is 28.8 Å². The highest BCUT2D eigenvalue weighted by Gasteiger charge is 2.25. The van der Waals surface area contributed by atoms with Crippen LogP contribution in [0.2, 0.25) is 0 Å². The van der Waals surface area contributed by atoms with Crippen LogP contribution in [-0.2, 0) is 4.79 Å². The van der Waals surface area contributed by atoms with Crippen LogP contribution < -0.4 is 0 Å². The fourth-order valence-electron chi connectivity index (χ4n) is 3.69. The normalized spacial score (nSPS) is 18.4. The van der Waals surface area contributed by atoms with Crippen LogP contribution in [0.1, 0.15) is 68.7 Å². The number of hydrogen-bond donors (Lipinski definition) is 0. The Morgan fingerprint density at radius 1 is 0.759 bits per heavy atom. The molecule has 0 unspecified atom stereocenters. The number of piperidine rings is 1. The molecule has 0 aliphatic carbocycles. The first-order chi connectivity index (χ1) is 13.9. The summed E-state index contributed by atoms with van der Waals surface area (Å²) >= 11 is 0. The molecule has 29 heavy (non-hydrogen) atoms. The molecule has 1 heterocycles. The lowest BCUT2D eigenvalue weighted by Crippen LogP contribution is -2.37. The molecule has 0 aromatic heterocycles. The second kappa shape index (κ2) is 9.37. The van der Waals surface area contributed by atoms with Gasteiger partial charge in [0.25, 0.3) is 0 Å². The zero-order chi connectivity index (χ0) is 21.0. The summed E-state index contributed by atoms with van der Waals surface area (Å²) in [5.74, 6) is 1.20. The van der Waals surface area contributed by atoms with E-state index < -0.39 is 0 Å². The summed E-state index contributed by atoms with van der Waals surface area (Å²) in [7, 11) is 0. The van der Waals surface area contributed by atoms with Crippen molar-refractivity contribution < 1.29 is 4.79 Å². The fraction of sp³-hybridized carbons (Fsp3) is 0.370. The van der Waals surface area contributed by atoms with Crippen LogP contribution in [0.3, 0.4) is 0 Å². The average Bonchev–Trinajstić information content (AvgIpc) is 2.71. The largest absolute Gasteiger partial charge is 0.295 e. The summed E-state index contributed by atoms with van der Waals surface area (Å²) in [5.41, 5.74) is 6.58. The van der Waals surface area contributed by atoms with Crippen molar-refractivity contribution in [3.05, 3.63) is 81.9 Å². The molecule has 0 saturated carbocycles. The van der Waals surface area contributed by atoms with Crippen molar-refractivity contribution >= 4 is 17.9 Å². The fourth-order valence-corrected chi connectivity index (χ4v) is 3.69. The first-order valence-corrected chi connectivity index (χ1v) is 10.8. The number of nitrogens with zero attached hydrogens (tertiary/aromatic N) is 1. The van der Waals surface area contributed by atoms with E-state index >= 15 is 0 Å². The Balaban J connectivity index is 1.88. The monoisotopic (exact) mass is 387 g/mol. The topological polar surface area (TPSA) is 20.3 Å². The van der Waals surface area contributed by atoms with Gasteiger partial charge in [0.2, 0.25) is 0 Å². The minimum absolute atomic E-state index is 0.176. The maximum absolute atomic E-state index is 13.2. The molecule has 1 saturated heterocycles. The second-order valence-corrected chi connectivity index (χ2v) is 8.61. The molecular formula is C27H33NO. The lowest BCUT2D eigenvalue weighted by Gasteiger charge is -2.28. The third kappa shape index (κ3) is 5.33. The molecule has 1 aliphatic heterocycles. The van der Waals surface area contributed by atoms with Gasteiger partial charge in [-0.3, -0.25) is 9.69 Å². The first-order valence-electron chi connectivity index (χ1n) is 10.8. The first kappa shape index (κ1) is 21.3. The van der Waals surface area contributed by atoms with Crippen molar-refractivity contribution in [1.82, 2.24) is 4.90 Å². The molecule has 1 fully saturated rings. The van der Waals surface area contributed by atoms with Gasteiger partial charge in [0.15, 0.2) is 5.78 Å². The molecule has 2 heteroatoms. The highest BCUT2D eigenvalue weighted by atomic mass is 16.1. The van der Waals surface area contributed by atoms with Crippen LogP contribution in [0, 0.1) is 0 Å². The summed E-state index contributed by atoms with van der Waals surface area (Å²) in [6.07, 6.45) is 4.12. The van der Waals surface area contributed by atoms with E-state index in [0.29, 0.717) is 24.9 Å². The zero-order valence-corrected chi connectivity index (χ0v) is 18.4. The number of benzene rings is 2. The number of likely N-dealkylation sites (N-methyl/N-ethyl adjacent to an activating group) is 1. The summed E-state index contributed by atoms with van der Waals surface area (Å²) in [4.78, 5) is 15.5. The molecule has 0 amide bonds. The van der Waals surface area contributed by atoms with Gasteiger partial charge in [-0.15, -0.1) is 0 Å². The van der Waals surface area contributed by atoms with Gasteiger partial charge in [0, 0.05) is 24.2 Å². The van der Waals surface area contributed by atoms with E-state index in [1.54, 1.807) is 0 Å². The SMILES string of the molecule is CCN1C/C(=C\c2ccc(C(C)C)cc2)C(=O)/C(=C/c2ccc(C(C)C)cc2)C1. The van der Waals surface area contributed by atoms with Crippen molar-refractivity contribution in [3.8, 4) is 0 Å². The summed E-state index contributed by atoms with van der Waals surface area (Å²) in [6, 6.07) is 17.1. The van der Waals surface area contributed by atoms with Crippen molar-refractivity contribution in [3.63, 3.8) is 0 Å². The Labute approximate surface area is 175 Å². The maximum atomic E-state index is 13.2. The lowest BCUT2D eigenvalue weighted by atomic mass is 9.93. The van der Waals surface area contributed by atoms with Crippen molar-refractivity contribution in [2.24, 2.45) is 0 Å². The van der Waals surface area contributed by atoms with E-state index in [2.05, 4.69) is 100 Å². The quantitative estimate of drug-likeness (QED) is 0.561. The van der Waals surface area contributed by atoms with Gasteiger partial charge in [0.1, 0.15) is 0 Å². The lowest BCUT2D eigenvalue weighted by molar-refractivity contribution is -0.113. The number of hydrogen-bond acceptors (Lipinski definition) is 2. The highest BCUT2D eigenvalue weighted by Crippen LogP contribution is 2.24. The Kier molecular flexibility index (Phi) is 6.87. The molecule has 1 aliphatic rings. The van der Waals surface area contributed by atoms with Gasteiger partial charge in [0.05, 0.1) is 0 Å². The minimum Gasteiger partial charge on any atom is -0.295 e. The second-order valence-electron chi connectivity index (χ2n) is 8.61.